The Hall–Kier alpha value is -4.50. The van der Waals surface area contributed by atoms with Gasteiger partial charge in [-0.1, -0.05) is 37.3 Å². The van der Waals surface area contributed by atoms with Gasteiger partial charge >= 0.3 is 0 Å². The number of aromatic amines is 1. The number of hydrogen-bond donors (Lipinski definition) is 2. The number of ether oxygens (including phenoxy) is 2. The van der Waals surface area contributed by atoms with E-state index < -0.39 is 6.23 Å². The minimum absolute atomic E-state index is 0.106. The molecule has 1 heterocycles. The van der Waals surface area contributed by atoms with Gasteiger partial charge in [0.2, 0.25) is 11.8 Å². The third kappa shape index (κ3) is 7.25. The number of imidazole rings is 1. The van der Waals surface area contributed by atoms with E-state index in [0.717, 1.165) is 5.56 Å². The van der Waals surface area contributed by atoms with Crippen LogP contribution in [-0.4, -0.2) is 28.0 Å². The molecule has 1 atom stereocenters. The van der Waals surface area contributed by atoms with E-state index in [1.807, 2.05) is 30.3 Å². The molecule has 4 aromatic rings. The highest BCUT2D eigenvalue weighted by atomic mass is 19.1. The van der Waals surface area contributed by atoms with E-state index in [4.69, 9.17) is 9.47 Å². The summed E-state index contributed by atoms with van der Waals surface area (Å²) < 4.78 is 24.9. The van der Waals surface area contributed by atoms with Gasteiger partial charge in [-0.3, -0.25) is 14.5 Å². The van der Waals surface area contributed by atoms with Crippen molar-refractivity contribution in [1.29, 1.82) is 0 Å². The van der Waals surface area contributed by atoms with Crippen LogP contribution in [0.3, 0.4) is 0 Å². The van der Waals surface area contributed by atoms with Crippen molar-refractivity contribution in [2.24, 2.45) is 0 Å². The lowest BCUT2D eigenvalue weighted by atomic mass is 10.2. The number of H-pyrrole nitrogens is 1. The lowest BCUT2D eigenvalue weighted by Gasteiger charge is -2.30. The molecule has 0 aliphatic carbocycles. The zero-order valence-electron chi connectivity index (χ0n) is 20.3. The van der Waals surface area contributed by atoms with E-state index in [0.29, 0.717) is 23.0 Å². The summed E-state index contributed by atoms with van der Waals surface area (Å²) in [6.07, 6.45) is 2.24. The third-order valence-corrected chi connectivity index (χ3v) is 5.44. The molecule has 190 valence electrons. The molecule has 0 spiro atoms. The fraction of sp³-hybridized carbons (Fsp3) is 0.179. The van der Waals surface area contributed by atoms with Crippen molar-refractivity contribution in [3.8, 4) is 11.5 Å². The standard InChI is InChI=1S/C28H27FN4O4/c1-2-27(35)33(25-17-30-19-31-25)28(36-18-20-6-4-3-5-7-20)16-26(34)32-22-10-14-24(15-11-22)37-23-12-8-21(29)9-13-23/h3-15,17,19,28H,2,16,18H2,1H3,(H,30,31)(H,32,34)/t28-/m0/s1. The molecule has 0 bridgehead atoms. The Morgan fingerprint density at radius 1 is 1.00 bits per heavy atom. The van der Waals surface area contributed by atoms with Crippen molar-refractivity contribution >= 4 is 23.3 Å². The van der Waals surface area contributed by atoms with Crippen LogP contribution in [0.5, 0.6) is 11.5 Å². The van der Waals surface area contributed by atoms with E-state index in [9.17, 15) is 14.0 Å². The number of halogens is 1. The van der Waals surface area contributed by atoms with Crippen molar-refractivity contribution in [2.75, 3.05) is 10.2 Å². The highest BCUT2D eigenvalue weighted by Gasteiger charge is 2.28. The largest absolute Gasteiger partial charge is 0.457 e. The number of hydrogen-bond acceptors (Lipinski definition) is 5. The monoisotopic (exact) mass is 502 g/mol. The van der Waals surface area contributed by atoms with Crippen molar-refractivity contribution in [3.05, 3.63) is 103 Å². The Kier molecular flexibility index (Phi) is 8.62. The van der Waals surface area contributed by atoms with Gasteiger partial charge in [0.25, 0.3) is 0 Å². The van der Waals surface area contributed by atoms with Crippen molar-refractivity contribution < 1.29 is 23.5 Å². The van der Waals surface area contributed by atoms with Gasteiger partial charge in [0.1, 0.15) is 29.4 Å². The first kappa shape index (κ1) is 25.6. The van der Waals surface area contributed by atoms with Crippen LogP contribution in [0.1, 0.15) is 25.3 Å². The Morgan fingerprint density at radius 2 is 1.68 bits per heavy atom. The fourth-order valence-corrected chi connectivity index (χ4v) is 3.61. The summed E-state index contributed by atoms with van der Waals surface area (Å²) in [7, 11) is 0. The Balaban J connectivity index is 1.44. The van der Waals surface area contributed by atoms with Crippen LogP contribution in [0, 0.1) is 5.82 Å². The van der Waals surface area contributed by atoms with Gasteiger partial charge in [0.05, 0.1) is 25.6 Å². The Labute approximate surface area is 214 Å². The minimum atomic E-state index is -0.866. The maximum atomic E-state index is 13.1. The van der Waals surface area contributed by atoms with Gasteiger partial charge in [-0.15, -0.1) is 0 Å². The summed E-state index contributed by atoms with van der Waals surface area (Å²) in [6.45, 7) is 1.96. The van der Waals surface area contributed by atoms with E-state index in [2.05, 4.69) is 15.3 Å². The van der Waals surface area contributed by atoms with Crippen molar-refractivity contribution in [3.63, 3.8) is 0 Å². The molecule has 0 unspecified atom stereocenters. The second-order valence-electron chi connectivity index (χ2n) is 8.14. The molecule has 2 amide bonds. The summed E-state index contributed by atoms with van der Waals surface area (Å²) in [5, 5.41) is 2.84. The van der Waals surface area contributed by atoms with Crippen LogP contribution in [-0.2, 0) is 20.9 Å². The topological polar surface area (TPSA) is 96.6 Å². The zero-order chi connectivity index (χ0) is 26.0. The van der Waals surface area contributed by atoms with Gasteiger partial charge in [-0.05, 0) is 54.1 Å². The third-order valence-electron chi connectivity index (χ3n) is 5.44. The smallest absolute Gasteiger partial charge is 0.230 e. The van der Waals surface area contributed by atoms with Crippen LogP contribution >= 0.6 is 0 Å². The van der Waals surface area contributed by atoms with Gasteiger partial charge in [-0.2, -0.15) is 0 Å². The summed E-state index contributed by atoms with van der Waals surface area (Å²) in [5.74, 6) is 0.586. The summed E-state index contributed by atoms with van der Waals surface area (Å²) in [5.41, 5.74) is 1.46. The van der Waals surface area contributed by atoms with Crippen molar-refractivity contribution in [2.45, 2.75) is 32.6 Å². The van der Waals surface area contributed by atoms with E-state index >= 15 is 0 Å². The van der Waals surface area contributed by atoms with Crippen LogP contribution in [0.2, 0.25) is 0 Å². The normalized spacial score (nSPS) is 11.5. The molecule has 0 fully saturated rings. The molecule has 8 nitrogen and oxygen atoms in total. The van der Waals surface area contributed by atoms with E-state index in [-0.39, 0.29) is 37.1 Å². The number of nitrogens with one attached hydrogen (secondary N) is 2. The average molecular weight is 503 g/mol. The Morgan fingerprint density at radius 3 is 2.30 bits per heavy atom. The number of rotatable bonds is 11. The highest BCUT2D eigenvalue weighted by Crippen LogP contribution is 2.24. The van der Waals surface area contributed by atoms with Crippen LogP contribution in [0.25, 0.3) is 0 Å². The molecule has 0 aliphatic heterocycles. The van der Waals surface area contributed by atoms with Crippen LogP contribution in [0.15, 0.2) is 91.4 Å². The predicted molar refractivity (Wildman–Crippen MR) is 138 cm³/mol. The lowest BCUT2D eigenvalue weighted by Crippen LogP contribution is -2.44. The average Bonchev–Trinajstić information content (AvgIpc) is 3.44. The number of carbonyl (C=O) groups is 2. The maximum absolute atomic E-state index is 13.1. The first-order valence-electron chi connectivity index (χ1n) is 11.8. The molecule has 1 aromatic heterocycles. The number of amides is 2. The zero-order valence-corrected chi connectivity index (χ0v) is 20.3. The molecular weight excluding hydrogens is 475 g/mol. The molecule has 0 saturated heterocycles. The molecule has 4 rings (SSSR count). The van der Waals surface area contributed by atoms with Crippen molar-refractivity contribution in [1.82, 2.24) is 9.97 Å². The summed E-state index contributed by atoms with van der Waals surface area (Å²) >= 11 is 0. The second kappa shape index (κ2) is 12.5. The first-order chi connectivity index (χ1) is 18.0. The lowest BCUT2D eigenvalue weighted by molar-refractivity contribution is -0.124. The summed E-state index contributed by atoms with van der Waals surface area (Å²) in [6, 6.07) is 22.0. The first-order valence-corrected chi connectivity index (χ1v) is 11.8. The predicted octanol–water partition coefficient (Wildman–Crippen LogP) is 5.66. The second-order valence-corrected chi connectivity index (χ2v) is 8.14. The van der Waals surface area contributed by atoms with E-state index in [1.54, 1.807) is 31.2 Å². The number of anilines is 2. The van der Waals surface area contributed by atoms with E-state index in [1.165, 1.54) is 41.7 Å². The molecule has 0 aliphatic rings. The van der Waals surface area contributed by atoms with Gasteiger partial charge < -0.3 is 19.8 Å². The Bertz CT molecular complexity index is 1280. The van der Waals surface area contributed by atoms with Crippen LogP contribution < -0.4 is 15.0 Å². The van der Waals surface area contributed by atoms with Gasteiger partial charge in [-0.25, -0.2) is 9.37 Å². The molecule has 3 aromatic carbocycles. The summed E-state index contributed by atoms with van der Waals surface area (Å²) in [4.78, 5) is 34.2. The molecule has 0 saturated carbocycles. The number of benzene rings is 3. The van der Waals surface area contributed by atoms with Gasteiger partial charge in [0.15, 0.2) is 0 Å². The number of carbonyl (C=O) groups excluding carboxylic acids is 2. The molecule has 9 heteroatoms. The quantitative estimate of drug-likeness (QED) is 0.258. The molecular formula is C28H27FN4O4. The molecule has 0 radical (unpaired) electrons. The highest BCUT2D eigenvalue weighted by molar-refractivity contribution is 5.95. The molecule has 37 heavy (non-hydrogen) atoms. The van der Waals surface area contributed by atoms with Crippen LogP contribution in [0.4, 0.5) is 15.9 Å². The van der Waals surface area contributed by atoms with Gasteiger partial charge in [0, 0.05) is 12.1 Å². The minimum Gasteiger partial charge on any atom is -0.457 e. The fourth-order valence-electron chi connectivity index (χ4n) is 3.61. The number of nitrogens with zero attached hydrogens (tertiary/aromatic N) is 2. The number of aromatic nitrogens is 2. The molecule has 2 N–H and O–H groups in total. The SMILES string of the molecule is CCC(=O)N(c1cnc[nH]1)[C@H](CC(=O)Nc1ccc(Oc2ccc(F)cc2)cc1)OCc1ccccc1. The maximum Gasteiger partial charge on any atom is 0.230 e.